The van der Waals surface area contributed by atoms with E-state index in [0.29, 0.717) is 0 Å². The van der Waals surface area contributed by atoms with Crippen LogP contribution in [-0.2, 0) is 0 Å². The Labute approximate surface area is 158 Å². The number of pyridine rings is 1. The SMILES string of the molecule is O=C(NC1CCCCC1)c1c(F)cncc1Nc1ccc(I)cc1F. The lowest BCUT2D eigenvalue weighted by Gasteiger charge is -2.23. The standard InChI is InChI=1S/C18H18F2IN3O/c19-13-8-11(21)6-7-15(13)24-16-10-22-9-14(20)17(16)18(25)23-12-4-2-1-3-5-12/h6-10,12,24H,1-5H2,(H,23,25). The minimum absolute atomic E-state index is 0.0525. The summed E-state index contributed by atoms with van der Waals surface area (Å²) in [7, 11) is 0. The second-order valence-electron chi connectivity index (χ2n) is 6.10. The molecule has 2 aromatic rings. The number of hydrogen-bond acceptors (Lipinski definition) is 3. The number of amides is 1. The second kappa shape index (κ2) is 8.07. The number of carbonyl (C=O) groups excluding carboxylic acids is 1. The van der Waals surface area contributed by atoms with Crippen LogP contribution >= 0.6 is 22.6 Å². The third kappa shape index (κ3) is 4.45. The molecule has 0 spiro atoms. The van der Waals surface area contributed by atoms with Gasteiger partial charge in [0.05, 0.1) is 23.8 Å². The molecule has 132 valence electrons. The van der Waals surface area contributed by atoms with Crippen LogP contribution in [0.4, 0.5) is 20.2 Å². The van der Waals surface area contributed by atoms with Gasteiger partial charge in [0.15, 0.2) is 5.82 Å². The van der Waals surface area contributed by atoms with E-state index in [2.05, 4.69) is 15.6 Å². The maximum Gasteiger partial charge on any atom is 0.256 e. The van der Waals surface area contributed by atoms with Crippen molar-refractivity contribution < 1.29 is 13.6 Å². The van der Waals surface area contributed by atoms with Gasteiger partial charge in [-0.1, -0.05) is 19.3 Å². The molecule has 0 bridgehead atoms. The van der Waals surface area contributed by atoms with Crippen LogP contribution in [0, 0.1) is 15.2 Å². The van der Waals surface area contributed by atoms with Crippen molar-refractivity contribution in [3.63, 3.8) is 0 Å². The van der Waals surface area contributed by atoms with E-state index >= 15 is 0 Å². The Morgan fingerprint density at radius 3 is 2.56 bits per heavy atom. The first kappa shape index (κ1) is 18.0. The summed E-state index contributed by atoms with van der Waals surface area (Å²) in [5, 5.41) is 5.67. The molecule has 1 aromatic carbocycles. The Hall–Kier alpha value is -1.77. The smallest absolute Gasteiger partial charge is 0.256 e. The molecule has 1 heterocycles. The fourth-order valence-corrected chi connectivity index (χ4v) is 3.45. The maximum atomic E-state index is 14.3. The Balaban J connectivity index is 1.84. The van der Waals surface area contributed by atoms with E-state index in [4.69, 9.17) is 0 Å². The molecular weight excluding hydrogens is 439 g/mol. The van der Waals surface area contributed by atoms with E-state index in [1.807, 2.05) is 22.6 Å². The lowest BCUT2D eigenvalue weighted by atomic mass is 9.95. The number of nitrogens with zero attached hydrogens (tertiary/aromatic N) is 1. The Morgan fingerprint density at radius 1 is 1.08 bits per heavy atom. The summed E-state index contributed by atoms with van der Waals surface area (Å²) < 4.78 is 29.1. The molecular formula is C18H18F2IN3O. The first-order chi connectivity index (χ1) is 12.0. The molecule has 3 rings (SSSR count). The van der Waals surface area contributed by atoms with Crippen LogP contribution in [0.5, 0.6) is 0 Å². The summed E-state index contributed by atoms with van der Waals surface area (Å²) in [6.07, 6.45) is 7.39. The first-order valence-corrected chi connectivity index (χ1v) is 9.29. The van der Waals surface area contributed by atoms with Crippen LogP contribution in [0.25, 0.3) is 0 Å². The van der Waals surface area contributed by atoms with Gasteiger partial charge >= 0.3 is 0 Å². The van der Waals surface area contributed by atoms with Gasteiger partial charge in [0.25, 0.3) is 5.91 Å². The Bertz CT molecular complexity index is 779. The molecule has 1 aliphatic rings. The van der Waals surface area contributed by atoms with Crippen molar-refractivity contribution >= 4 is 39.9 Å². The average molecular weight is 457 g/mol. The third-order valence-electron chi connectivity index (χ3n) is 4.27. The van der Waals surface area contributed by atoms with E-state index in [9.17, 15) is 13.6 Å². The van der Waals surface area contributed by atoms with Crippen LogP contribution < -0.4 is 10.6 Å². The summed E-state index contributed by atoms with van der Waals surface area (Å²) in [6, 6.07) is 4.68. The zero-order valence-electron chi connectivity index (χ0n) is 13.5. The van der Waals surface area contributed by atoms with Gasteiger partial charge in [-0.15, -0.1) is 0 Å². The molecule has 1 saturated carbocycles. The highest BCUT2D eigenvalue weighted by Crippen LogP contribution is 2.26. The normalized spacial score (nSPS) is 15.0. The van der Waals surface area contributed by atoms with Gasteiger partial charge in [-0.05, 0) is 53.6 Å². The van der Waals surface area contributed by atoms with Crippen molar-refractivity contribution in [1.82, 2.24) is 10.3 Å². The lowest BCUT2D eigenvalue weighted by Crippen LogP contribution is -2.37. The predicted molar refractivity (Wildman–Crippen MR) is 101 cm³/mol. The summed E-state index contributed by atoms with van der Waals surface area (Å²) in [4.78, 5) is 16.3. The minimum atomic E-state index is -0.732. The van der Waals surface area contributed by atoms with Crippen molar-refractivity contribution in [1.29, 1.82) is 0 Å². The van der Waals surface area contributed by atoms with Crippen molar-refractivity contribution in [3.05, 3.63) is 51.4 Å². The summed E-state index contributed by atoms with van der Waals surface area (Å²) in [6.45, 7) is 0. The number of benzene rings is 1. The molecule has 4 nitrogen and oxygen atoms in total. The number of nitrogens with one attached hydrogen (secondary N) is 2. The zero-order chi connectivity index (χ0) is 17.8. The van der Waals surface area contributed by atoms with E-state index < -0.39 is 17.5 Å². The topological polar surface area (TPSA) is 54.0 Å². The molecule has 0 aliphatic heterocycles. The van der Waals surface area contributed by atoms with E-state index in [1.165, 1.54) is 12.3 Å². The van der Waals surface area contributed by atoms with Crippen molar-refractivity contribution in [2.45, 2.75) is 38.1 Å². The van der Waals surface area contributed by atoms with E-state index in [0.717, 1.165) is 41.9 Å². The monoisotopic (exact) mass is 457 g/mol. The van der Waals surface area contributed by atoms with E-state index in [1.54, 1.807) is 12.1 Å². The number of carbonyl (C=O) groups is 1. The zero-order valence-corrected chi connectivity index (χ0v) is 15.6. The average Bonchev–Trinajstić information content (AvgIpc) is 2.58. The summed E-state index contributed by atoms with van der Waals surface area (Å²) in [5.74, 6) is -1.71. The Kier molecular flexibility index (Phi) is 5.82. The molecule has 25 heavy (non-hydrogen) atoms. The quantitative estimate of drug-likeness (QED) is 0.651. The Morgan fingerprint density at radius 2 is 1.84 bits per heavy atom. The largest absolute Gasteiger partial charge is 0.351 e. The van der Waals surface area contributed by atoms with Crippen molar-refractivity contribution in [2.24, 2.45) is 0 Å². The number of hydrogen-bond donors (Lipinski definition) is 2. The van der Waals surface area contributed by atoms with Crippen LogP contribution in [0.3, 0.4) is 0 Å². The van der Waals surface area contributed by atoms with Crippen molar-refractivity contribution in [2.75, 3.05) is 5.32 Å². The van der Waals surface area contributed by atoms with Gasteiger partial charge in [-0.25, -0.2) is 8.78 Å². The number of aromatic nitrogens is 1. The molecule has 1 aromatic heterocycles. The maximum absolute atomic E-state index is 14.3. The van der Waals surface area contributed by atoms with Gasteiger partial charge in [0.1, 0.15) is 11.4 Å². The van der Waals surface area contributed by atoms with Crippen LogP contribution in [0.15, 0.2) is 30.6 Å². The molecule has 0 radical (unpaired) electrons. The number of anilines is 2. The number of rotatable bonds is 4. The molecule has 7 heteroatoms. The number of halogens is 3. The molecule has 0 atom stereocenters. The van der Waals surface area contributed by atoms with Crippen molar-refractivity contribution in [3.8, 4) is 0 Å². The minimum Gasteiger partial charge on any atom is -0.351 e. The lowest BCUT2D eigenvalue weighted by molar-refractivity contribution is 0.0924. The molecule has 2 N–H and O–H groups in total. The highest BCUT2D eigenvalue weighted by Gasteiger charge is 2.22. The molecule has 0 unspecified atom stereocenters. The van der Waals surface area contributed by atoms with E-state index in [-0.39, 0.29) is 23.0 Å². The van der Waals surface area contributed by atoms with Crippen LogP contribution in [0.1, 0.15) is 42.5 Å². The second-order valence-corrected chi connectivity index (χ2v) is 7.35. The third-order valence-corrected chi connectivity index (χ3v) is 4.94. The highest BCUT2D eigenvalue weighted by molar-refractivity contribution is 14.1. The van der Waals surface area contributed by atoms with Crippen LogP contribution in [-0.4, -0.2) is 16.9 Å². The molecule has 1 aliphatic carbocycles. The van der Waals surface area contributed by atoms with Gasteiger partial charge in [0.2, 0.25) is 0 Å². The molecule has 1 amide bonds. The molecule has 0 saturated heterocycles. The highest BCUT2D eigenvalue weighted by atomic mass is 127. The fraction of sp³-hybridized carbons (Fsp3) is 0.333. The summed E-state index contributed by atoms with van der Waals surface area (Å²) >= 11 is 2.00. The van der Waals surface area contributed by atoms with Gasteiger partial charge in [0, 0.05) is 9.61 Å². The van der Waals surface area contributed by atoms with Gasteiger partial charge < -0.3 is 10.6 Å². The summed E-state index contributed by atoms with van der Waals surface area (Å²) in [5.41, 5.74) is 0.173. The predicted octanol–water partition coefficient (Wildman–Crippen LogP) is 4.77. The van der Waals surface area contributed by atoms with Gasteiger partial charge in [-0.2, -0.15) is 0 Å². The van der Waals surface area contributed by atoms with Gasteiger partial charge in [-0.3, -0.25) is 9.78 Å². The fourth-order valence-electron chi connectivity index (χ4n) is 3.00. The first-order valence-electron chi connectivity index (χ1n) is 8.21. The molecule has 1 fully saturated rings. The van der Waals surface area contributed by atoms with Crippen LogP contribution in [0.2, 0.25) is 0 Å².